The molecule has 1 saturated heterocycles. The molecule has 0 radical (unpaired) electrons. The summed E-state index contributed by atoms with van der Waals surface area (Å²) in [6.07, 6.45) is 0.670. The van der Waals surface area contributed by atoms with Gasteiger partial charge >= 0.3 is 5.97 Å². The molecule has 0 saturated carbocycles. The second kappa shape index (κ2) is 6.33. The zero-order chi connectivity index (χ0) is 13.7. The molecule has 0 aromatic heterocycles. The van der Waals surface area contributed by atoms with E-state index in [4.69, 9.17) is 9.84 Å². The number of ether oxygens (including phenoxy) is 1. The van der Waals surface area contributed by atoms with Crippen molar-refractivity contribution in [2.45, 2.75) is 13.0 Å². The number of nitrogens with zero attached hydrogens (tertiary/aromatic N) is 1. The maximum absolute atomic E-state index is 12.3. The predicted octanol–water partition coefficient (Wildman–Crippen LogP) is 1.14. The van der Waals surface area contributed by atoms with Crippen molar-refractivity contribution in [2.75, 3.05) is 19.8 Å². The third-order valence-electron chi connectivity index (χ3n) is 3.13. The number of carboxylic acid groups (broad SMARTS) is 1. The Balaban J connectivity index is 2.06. The second-order valence-corrected chi connectivity index (χ2v) is 4.63. The fourth-order valence-electron chi connectivity index (χ4n) is 2.17. The predicted molar refractivity (Wildman–Crippen MR) is 68.4 cm³/mol. The minimum Gasteiger partial charge on any atom is -0.480 e. The molecule has 1 amide bonds. The Hall–Kier alpha value is -1.88. The van der Waals surface area contributed by atoms with E-state index in [0.29, 0.717) is 26.2 Å². The lowest BCUT2D eigenvalue weighted by atomic mass is 10.1. The van der Waals surface area contributed by atoms with Crippen LogP contribution in [-0.2, 0) is 20.9 Å². The van der Waals surface area contributed by atoms with Gasteiger partial charge in [0.05, 0.1) is 12.5 Å². The van der Waals surface area contributed by atoms with E-state index in [1.807, 2.05) is 30.3 Å². The van der Waals surface area contributed by atoms with E-state index in [1.165, 1.54) is 4.90 Å². The minimum atomic E-state index is -0.997. The van der Waals surface area contributed by atoms with Gasteiger partial charge in [0.15, 0.2) is 0 Å². The molecule has 5 heteroatoms. The fraction of sp³-hybridized carbons (Fsp3) is 0.429. The molecule has 1 heterocycles. The monoisotopic (exact) mass is 263 g/mol. The lowest BCUT2D eigenvalue weighted by Crippen LogP contribution is -2.39. The first-order valence-electron chi connectivity index (χ1n) is 6.29. The topological polar surface area (TPSA) is 66.8 Å². The van der Waals surface area contributed by atoms with E-state index >= 15 is 0 Å². The normalized spacial score (nSPS) is 18.2. The fourth-order valence-corrected chi connectivity index (χ4v) is 2.17. The van der Waals surface area contributed by atoms with Crippen LogP contribution >= 0.6 is 0 Å². The average Bonchev–Trinajstić information content (AvgIpc) is 2.91. The molecule has 1 N–H and O–H groups in total. The standard InChI is InChI=1S/C14H17NO4/c16-13(17)9-15(8-11-4-2-1-3-5-11)14(18)12-6-7-19-10-12/h1-5,12H,6-10H2,(H,16,17)/t12-/m1/s1. The van der Waals surface area contributed by atoms with Crippen LogP contribution < -0.4 is 0 Å². The molecule has 0 unspecified atom stereocenters. The third-order valence-corrected chi connectivity index (χ3v) is 3.13. The van der Waals surface area contributed by atoms with Gasteiger partial charge in [-0.2, -0.15) is 0 Å². The Bertz CT molecular complexity index is 440. The van der Waals surface area contributed by atoms with Gasteiger partial charge in [0, 0.05) is 13.2 Å². The summed E-state index contributed by atoms with van der Waals surface area (Å²) in [6.45, 7) is 1.01. The molecular weight excluding hydrogens is 246 g/mol. The first-order valence-corrected chi connectivity index (χ1v) is 6.29. The smallest absolute Gasteiger partial charge is 0.323 e. The van der Waals surface area contributed by atoms with Gasteiger partial charge in [0.1, 0.15) is 6.54 Å². The van der Waals surface area contributed by atoms with Gasteiger partial charge in [-0.3, -0.25) is 9.59 Å². The van der Waals surface area contributed by atoms with Gasteiger partial charge in [-0.05, 0) is 12.0 Å². The third kappa shape index (κ3) is 3.79. The van der Waals surface area contributed by atoms with Crippen LogP contribution in [-0.4, -0.2) is 41.6 Å². The van der Waals surface area contributed by atoms with E-state index in [9.17, 15) is 9.59 Å². The number of carbonyl (C=O) groups excluding carboxylic acids is 1. The largest absolute Gasteiger partial charge is 0.480 e. The molecule has 2 rings (SSSR count). The van der Waals surface area contributed by atoms with E-state index in [1.54, 1.807) is 0 Å². The highest BCUT2D eigenvalue weighted by Gasteiger charge is 2.29. The second-order valence-electron chi connectivity index (χ2n) is 4.63. The first kappa shape index (κ1) is 13.5. The van der Waals surface area contributed by atoms with Crippen molar-refractivity contribution >= 4 is 11.9 Å². The molecule has 102 valence electrons. The summed E-state index contributed by atoms with van der Waals surface area (Å²) < 4.78 is 5.19. The maximum Gasteiger partial charge on any atom is 0.323 e. The van der Waals surface area contributed by atoms with E-state index in [2.05, 4.69) is 0 Å². The Labute approximate surface area is 111 Å². The van der Waals surface area contributed by atoms with Crippen molar-refractivity contribution in [2.24, 2.45) is 5.92 Å². The van der Waals surface area contributed by atoms with Crippen molar-refractivity contribution in [3.63, 3.8) is 0 Å². The van der Waals surface area contributed by atoms with Crippen LogP contribution in [0.15, 0.2) is 30.3 Å². The number of aliphatic carboxylic acids is 1. The molecule has 19 heavy (non-hydrogen) atoms. The summed E-state index contributed by atoms with van der Waals surface area (Å²) in [5.41, 5.74) is 0.927. The van der Waals surface area contributed by atoms with Crippen LogP contribution in [0.2, 0.25) is 0 Å². The quantitative estimate of drug-likeness (QED) is 0.865. The maximum atomic E-state index is 12.3. The van der Waals surface area contributed by atoms with Gasteiger partial charge in [-0.25, -0.2) is 0 Å². The molecular formula is C14H17NO4. The van der Waals surface area contributed by atoms with Crippen LogP contribution in [0.4, 0.5) is 0 Å². The molecule has 1 atom stereocenters. The Morgan fingerprint density at radius 1 is 1.32 bits per heavy atom. The molecule has 1 fully saturated rings. The van der Waals surface area contributed by atoms with Crippen LogP contribution in [0, 0.1) is 5.92 Å². The SMILES string of the molecule is O=C(O)CN(Cc1ccccc1)C(=O)[C@@H]1CCOC1. The number of hydrogen-bond acceptors (Lipinski definition) is 3. The minimum absolute atomic E-state index is 0.135. The highest BCUT2D eigenvalue weighted by molar-refractivity contribution is 5.83. The summed E-state index contributed by atoms with van der Waals surface area (Å²) >= 11 is 0. The molecule has 1 aromatic carbocycles. The van der Waals surface area contributed by atoms with Crippen molar-refractivity contribution < 1.29 is 19.4 Å². The molecule has 0 aliphatic carbocycles. The lowest BCUT2D eigenvalue weighted by molar-refractivity contribution is -0.146. The van der Waals surface area contributed by atoms with Crippen LogP contribution in [0.5, 0.6) is 0 Å². The highest BCUT2D eigenvalue weighted by atomic mass is 16.5. The first-order chi connectivity index (χ1) is 9.16. The lowest BCUT2D eigenvalue weighted by Gasteiger charge is -2.23. The van der Waals surface area contributed by atoms with Crippen molar-refractivity contribution in [3.8, 4) is 0 Å². The number of benzene rings is 1. The van der Waals surface area contributed by atoms with Gasteiger partial charge in [0.2, 0.25) is 5.91 Å². The van der Waals surface area contributed by atoms with E-state index in [0.717, 1.165) is 5.56 Å². The molecule has 1 aliphatic heterocycles. The van der Waals surface area contributed by atoms with E-state index < -0.39 is 5.97 Å². The van der Waals surface area contributed by atoms with Gasteiger partial charge in [-0.1, -0.05) is 30.3 Å². The zero-order valence-corrected chi connectivity index (χ0v) is 10.6. The van der Waals surface area contributed by atoms with Crippen LogP contribution in [0.1, 0.15) is 12.0 Å². The van der Waals surface area contributed by atoms with Gasteiger partial charge in [0.25, 0.3) is 0 Å². The number of hydrogen-bond donors (Lipinski definition) is 1. The summed E-state index contributed by atoms with van der Waals surface area (Å²) in [4.78, 5) is 24.5. The van der Waals surface area contributed by atoms with Crippen molar-refractivity contribution in [1.29, 1.82) is 0 Å². The van der Waals surface area contributed by atoms with Gasteiger partial charge < -0.3 is 14.7 Å². The average molecular weight is 263 g/mol. The number of carboxylic acids is 1. The molecule has 0 bridgehead atoms. The number of carbonyl (C=O) groups is 2. The Morgan fingerprint density at radius 2 is 2.05 bits per heavy atom. The molecule has 0 spiro atoms. The summed E-state index contributed by atoms with van der Waals surface area (Å²) in [6, 6.07) is 9.40. The molecule has 1 aliphatic rings. The zero-order valence-electron chi connectivity index (χ0n) is 10.6. The Kier molecular flexibility index (Phi) is 4.52. The summed E-state index contributed by atoms with van der Waals surface area (Å²) in [5, 5.41) is 8.93. The number of rotatable bonds is 5. The summed E-state index contributed by atoms with van der Waals surface area (Å²) in [7, 11) is 0. The highest BCUT2D eigenvalue weighted by Crippen LogP contribution is 2.17. The van der Waals surface area contributed by atoms with Crippen LogP contribution in [0.3, 0.4) is 0 Å². The van der Waals surface area contributed by atoms with Crippen molar-refractivity contribution in [3.05, 3.63) is 35.9 Å². The van der Waals surface area contributed by atoms with E-state index in [-0.39, 0.29) is 18.4 Å². The van der Waals surface area contributed by atoms with Crippen molar-refractivity contribution in [1.82, 2.24) is 4.90 Å². The summed E-state index contributed by atoms with van der Waals surface area (Å²) in [5.74, 6) is -1.34. The van der Waals surface area contributed by atoms with Crippen LogP contribution in [0.25, 0.3) is 0 Å². The Morgan fingerprint density at radius 3 is 2.63 bits per heavy atom. The molecule has 1 aromatic rings. The van der Waals surface area contributed by atoms with Gasteiger partial charge in [-0.15, -0.1) is 0 Å². The molecule has 5 nitrogen and oxygen atoms in total. The number of amides is 1.